The van der Waals surface area contributed by atoms with E-state index in [-0.39, 0.29) is 4.70 Å². The Labute approximate surface area is 48.4 Å². The molecule has 0 radical (unpaired) electrons. The topological polar surface area (TPSA) is 0 Å². The molecule has 0 saturated heterocycles. The maximum Gasteiger partial charge on any atom is 0.0892 e. The van der Waals surface area contributed by atoms with Crippen molar-refractivity contribution < 1.29 is 8.00 Å². The molecule has 0 aliphatic carbocycles. The number of halogens is 1. The third-order valence-corrected chi connectivity index (χ3v) is 0. The van der Waals surface area contributed by atoms with Crippen LogP contribution in [0.2, 0.25) is 0 Å². The summed E-state index contributed by atoms with van der Waals surface area (Å²) in [5, 5.41) is 0. The molecule has 0 saturated carbocycles. The highest BCUT2D eigenvalue weighted by Crippen LogP contribution is 2.02. The van der Waals surface area contributed by atoms with Crippen LogP contribution in [-0.4, -0.2) is 17.4 Å². The van der Waals surface area contributed by atoms with Crippen molar-refractivity contribution in [3.05, 3.63) is 0 Å². The zero-order valence-electron chi connectivity index (χ0n) is 3.72. The zero-order chi connectivity index (χ0) is 4.50. The summed E-state index contributed by atoms with van der Waals surface area (Å²) in [5.74, 6) is 0. The van der Waals surface area contributed by atoms with E-state index in [0.29, 0.717) is 3.29 Å². The predicted molar refractivity (Wildman–Crippen MR) is 30.1 cm³/mol. The molecule has 0 fully saturated rings. The Kier molecular flexibility index (Phi) is 4.42. The summed E-state index contributed by atoms with van der Waals surface area (Å²) < 4.78 is 0.389. The molecule has 0 spiro atoms. The van der Waals surface area contributed by atoms with E-state index < -0.39 is 0 Å². The fraction of sp³-hybridized carbons (Fsp3) is 1.00. The highest BCUT2D eigenvalue weighted by molar-refractivity contribution is 7.87. The molecule has 4 heteroatoms. The summed E-state index contributed by atoms with van der Waals surface area (Å²) in [6.07, 6.45) is 0. The Morgan fingerprint density at radius 1 is 1.17 bits per heavy atom. The van der Waals surface area contributed by atoms with Gasteiger partial charge in [-0.2, -0.15) is 0 Å². The highest BCUT2D eigenvalue weighted by Gasteiger charge is 1.94. The standard InChI is InChI=1S/C2H8NS2.FH/c1-3(2,4)5;/h4-5H,1-2H3;1H/q+1;/p-1. The molecule has 1 nitrogen and oxygen atoms in total. The van der Waals surface area contributed by atoms with Crippen molar-refractivity contribution in [2.24, 2.45) is 0 Å². The van der Waals surface area contributed by atoms with Gasteiger partial charge >= 0.3 is 0 Å². The van der Waals surface area contributed by atoms with E-state index in [1.165, 1.54) is 0 Å². The van der Waals surface area contributed by atoms with Crippen LogP contribution in [-0.2, 0) is 0 Å². The first-order chi connectivity index (χ1) is 2.00. The number of thiol groups is 2. The van der Waals surface area contributed by atoms with Gasteiger partial charge in [-0.05, 0) is 0 Å². The lowest BCUT2D eigenvalue weighted by atomic mass is 11.3. The molecule has 0 aromatic carbocycles. The molecule has 0 bridgehead atoms. The van der Waals surface area contributed by atoms with Gasteiger partial charge in [0, 0.05) is 0 Å². The van der Waals surface area contributed by atoms with Crippen molar-refractivity contribution in [2.45, 2.75) is 0 Å². The van der Waals surface area contributed by atoms with Crippen molar-refractivity contribution in [1.29, 1.82) is 0 Å². The lowest BCUT2D eigenvalue weighted by Gasteiger charge is -2.07. The Balaban J connectivity index is 0. The van der Waals surface area contributed by atoms with E-state index in [2.05, 4.69) is 25.6 Å². The Morgan fingerprint density at radius 2 is 1.17 bits per heavy atom. The van der Waals surface area contributed by atoms with Crippen LogP contribution in [0.25, 0.3) is 0 Å². The smallest absolute Gasteiger partial charge is 0.0892 e. The second-order valence-corrected chi connectivity index (χ2v) is 3.65. The molecule has 6 heavy (non-hydrogen) atoms. The quantitative estimate of drug-likeness (QED) is 0.268. The third kappa shape index (κ3) is 170. The van der Waals surface area contributed by atoms with Gasteiger partial charge in [-0.3, -0.25) is 0 Å². The molecular weight excluding hydrogens is 121 g/mol. The molecule has 0 rings (SSSR count). The Hall–Kier alpha value is 0.590. The largest absolute Gasteiger partial charge is 1.00 e. The zero-order valence-corrected chi connectivity index (χ0v) is 5.51. The molecule has 0 aliphatic heterocycles. The van der Waals surface area contributed by atoms with Crippen molar-refractivity contribution in [1.82, 2.24) is 0 Å². The van der Waals surface area contributed by atoms with Crippen LogP contribution >= 0.6 is 25.6 Å². The first kappa shape index (κ1) is 9.77. The fourth-order valence-corrected chi connectivity index (χ4v) is 0. The van der Waals surface area contributed by atoms with Crippen molar-refractivity contribution in [3.8, 4) is 0 Å². The summed E-state index contributed by atoms with van der Waals surface area (Å²) in [5.41, 5.74) is 0. The normalized spacial score (nSPS) is 10.0. The summed E-state index contributed by atoms with van der Waals surface area (Å²) in [6.45, 7) is 0. The molecule has 0 N–H and O–H groups in total. The van der Waals surface area contributed by atoms with Gasteiger partial charge in [0.1, 0.15) is 0 Å². The lowest BCUT2D eigenvalue weighted by molar-refractivity contribution is -0.583. The minimum atomic E-state index is 0. The predicted octanol–water partition coefficient (Wildman–Crippen LogP) is -2.24. The summed E-state index contributed by atoms with van der Waals surface area (Å²) in [6, 6.07) is 0. The van der Waals surface area contributed by atoms with Crippen LogP contribution in [0.3, 0.4) is 0 Å². The van der Waals surface area contributed by atoms with Gasteiger partial charge in [0.05, 0.1) is 39.7 Å². The molecule has 0 atom stereocenters. The first-order valence-electron chi connectivity index (χ1n) is 1.29. The maximum atomic E-state index is 3.92. The van der Waals surface area contributed by atoms with Gasteiger partial charge in [0.2, 0.25) is 0 Å². The van der Waals surface area contributed by atoms with Crippen LogP contribution in [0, 0.1) is 0 Å². The van der Waals surface area contributed by atoms with Crippen LogP contribution < -0.4 is 4.70 Å². The number of hydrogen-bond acceptors (Lipinski definition) is 2. The summed E-state index contributed by atoms with van der Waals surface area (Å²) >= 11 is 7.85. The van der Waals surface area contributed by atoms with Gasteiger partial charge < -0.3 is 4.70 Å². The van der Waals surface area contributed by atoms with Crippen molar-refractivity contribution in [2.75, 3.05) is 14.1 Å². The molecule has 0 unspecified atom stereocenters. The monoisotopic (exact) mass is 129 g/mol. The maximum absolute atomic E-state index is 3.92. The van der Waals surface area contributed by atoms with Crippen LogP contribution in [0.5, 0.6) is 0 Å². The fourth-order valence-electron chi connectivity index (χ4n) is 0. The second kappa shape index (κ2) is 2.71. The summed E-state index contributed by atoms with van der Waals surface area (Å²) in [4.78, 5) is 0. The average Bonchev–Trinajstić information content (AvgIpc) is 0.722. The van der Waals surface area contributed by atoms with E-state index in [1.807, 2.05) is 14.1 Å². The van der Waals surface area contributed by atoms with Crippen LogP contribution in [0.4, 0.5) is 0 Å². The van der Waals surface area contributed by atoms with Crippen molar-refractivity contribution in [3.63, 3.8) is 0 Å². The van der Waals surface area contributed by atoms with Gasteiger partial charge in [0.15, 0.2) is 0 Å². The molecule has 40 valence electrons. The number of hydrogen-bond donors (Lipinski definition) is 2. The SMILES string of the molecule is C[N+](C)(S)S.[F-]. The molecule has 0 aromatic rings. The second-order valence-electron chi connectivity index (χ2n) is 1.34. The third-order valence-electron chi connectivity index (χ3n) is 0. The van der Waals surface area contributed by atoms with Gasteiger partial charge in [-0.15, -0.1) is 0 Å². The van der Waals surface area contributed by atoms with Gasteiger partial charge in [0.25, 0.3) is 0 Å². The van der Waals surface area contributed by atoms with E-state index in [9.17, 15) is 0 Å². The molecular formula is C2H8FNS2. The molecule has 0 aliphatic rings. The number of nitrogens with zero attached hydrogens (tertiary/aromatic N) is 1. The minimum Gasteiger partial charge on any atom is -1.00 e. The number of rotatable bonds is 0. The lowest BCUT2D eigenvalue weighted by Crippen LogP contribution is -3.00. The Bertz CT molecular complexity index is 27.0. The van der Waals surface area contributed by atoms with Crippen LogP contribution in [0.15, 0.2) is 0 Å². The average molecular weight is 129 g/mol. The first-order valence-corrected chi connectivity index (χ1v) is 2.09. The highest BCUT2D eigenvalue weighted by atomic mass is 32.2. The summed E-state index contributed by atoms with van der Waals surface area (Å²) in [7, 11) is 3.71. The Morgan fingerprint density at radius 3 is 1.17 bits per heavy atom. The molecule has 0 aromatic heterocycles. The molecule has 0 amide bonds. The van der Waals surface area contributed by atoms with E-state index in [1.54, 1.807) is 0 Å². The van der Waals surface area contributed by atoms with E-state index in [4.69, 9.17) is 0 Å². The van der Waals surface area contributed by atoms with Gasteiger partial charge in [-0.25, -0.2) is 3.29 Å². The van der Waals surface area contributed by atoms with Crippen molar-refractivity contribution >= 4 is 25.6 Å². The molecule has 0 heterocycles. The van der Waals surface area contributed by atoms with E-state index in [0.717, 1.165) is 0 Å². The van der Waals surface area contributed by atoms with E-state index >= 15 is 0 Å². The van der Waals surface area contributed by atoms with Crippen LogP contribution in [0.1, 0.15) is 0 Å². The minimum absolute atomic E-state index is 0. The number of quaternary nitrogens is 1. The van der Waals surface area contributed by atoms with Gasteiger partial charge in [-0.1, -0.05) is 0 Å².